The fourth-order valence-electron chi connectivity index (χ4n) is 2.71. The van der Waals surface area contributed by atoms with Crippen molar-refractivity contribution in [1.82, 2.24) is 4.90 Å². The zero-order chi connectivity index (χ0) is 15.1. The van der Waals surface area contributed by atoms with Gasteiger partial charge < -0.3 is 9.84 Å². The highest BCUT2D eigenvalue weighted by atomic mass is 19.1. The number of hydrogen-bond acceptors (Lipinski definition) is 3. The molecule has 0 spiro atoms. The van der Waals surface area contributed by atoms with Crippen LogP contribution in [0, 0.1) is 23.6 Å². The van der Waals surface area contributed by atoms with Crippen LogP contribution in [0.3, 0.4) is 0 Å². The van der Waals surface area contributed by atoms with E-state index in [0.717, 1.165) is 44.6 Å². The maximum absolute atomic E-state index is 13.6. The Morgan fingerprint density at radius 2 is 2.14 bits per heavy atom. The molecule has 1 N–H and O–H groups in total. The molecule has 0 aliphatic carbocycles. The van der Waals surface area contributed by atoms with E-state index < -0.39 is 0 Å². The SMILES string of the molecule is COCC1CCN(Cc2ccc(F)c(C#CCO)c2)CC1. The van der Waals surface area contributed by atoms with E-state index in [0.29, 0.717) is 11.5 Å². The van der Waals surface area contributed by atoms with Gasteiger partial charge in [-0.3, -0.25) is 4.90 Å². The molecule has 1 heterocycles. The number of aliphatic hydroxyl groups is 1. The van der Waals surface area contributed by atoms with Crippen molar-refractivity contribution in [3.05, 3.63) is 35.1 Å². The number of hydrogen-bond donors (Lipinski definition) is 1. The van der Waals surface area contributed by atoms with Crippen LogP contribution in [0.5, 0.6) is 0 Å². The Morgan fingerprint density at radius 1 is 1.38 bits per heavy atom. The second kappa shape index (κ2) is 8.14. The topological polar surface area (TPSA) is 32.7 Å². The van der Waals surface area contributed by atoms with Crippen LogP contribution in [0.4, 0.5) is 4.39 Å². The molecule has 0 unspecified atom stereocenters. The van der Waals surface area contributed by atoms with E-state index in [1.165, 1.54) is 6.07 Å². The molecule has 1 aliphatic rings. The predicted octanol–water partition coefficient (Wildman–Crippen LogP) is 2.03. The van der Waals surface area contributed by atoms with E-state index >= 15 is 0 Å². The fourth-order valence-corrected chi connectivity index (χ4v) is 2.71. The van der Waals surface area contributed by atoms with Crippen molar-refractivity contribution in [3.63, 3.8) is 0 Å². The molecule has 0 amide bonds. The van der Waals surface area contributed by atoms with Crippen LogP contribution in [-0.4, -0.2) is 43.4 Å². The Balaban J connectivity index is 1.94. The first-order valence-corrected chi connectivity index (χ1v) is 7.32. The Morgan fingerprint density at radius 3 is 2.81 bits per heavy atom. The Kier molecular flexibility index (Phi) is 6.19. The number of methoxy groups -OCH3 is 1. The minimum absolute atomic E-state index is 0.253. The van der Waals surface area contributed by atoms with Crippen molar-refractivity contribution >= 4 is 0 Å². The third-order valence-corrected chi connectivity index (χ3v) is 3.85. The van der Waals surface area contributed by atoms with Crippen molar-refractivity contribution < 1.29 is 14.2 Å². The van der Waals surface area contributed by atoms with Crippen LogP contribution in [0.1, 0.15) is 24.0 Å². The molecule has 4 heteroatoms. The number of halogens is 1. The summed E-state index contributed by atoms with van der Waals surface area (Å²) in [7, 11) is 1.75. The second-order valence-corrected chi connectivity index (χ2v) is 5.45. The third kappa shape index (κ3) is 4.82. The van der Waals surface area contributed by atoms with E-state index in [1.54, 1.807) is 19.2 Å². The van der Waals surface area contributed by atoms with Gasteiger partial charge in [0.2, 0.25) is 0 Å². The molecule has 0 saturated carbocycles. The van der Waals surface area contributed by atoms with Crippen molar-refractivity contribution in [2.24, 2.45) is 5.92 Å². The number of piperidine rings is 1. The highest BCUT2D eigenvalue weighted by Crippen LogP contribution is 2.20. The lowest BCUT2D eigenvalue weighted by Gasteiger charge is -2.31. The molecule has 0 bridgehead atoms. The summed E-state index contributed by atoms with van der Waals surface area (Å²) in [4.78, 5) is 2.38. The van der Waals surface area contributed by atoms with Gasteiger partial charge in [0, 0.05) is 20.3 Å². The summed E-state index contributed by atoms with van der Waals surface area (Å²) in [6.07, 6.45) is 2.29. The van der Waals surface area contributed by atoms with E-state index in [1.807, 2.05) is 0 Å². The zero-order valence-corrected chi connectivity index (χ0v) is 12.4. The van der Waals surface area contributed by atoms with Gasteiger partial charge in [-0.25, -0.2) is 4.39 Å². The highest BCUT2D eigenvalue weighted by Gasteiger charge is 2.19. The molecule has 1 aromatic rings. The minimum Gasteiger partial charge on any atom is -0.384 e. The number of likely N-dealkylation sites (tertiary alicyclic amines) is 1. The molecule has 0 aromatic heterocycles. The first-order valence-electron chi connectivity index (χ1n) is 7.32. The first-order chi connectivity index (χ1) is 10.2. The summed E-state index contributed by atoms with van der Waals surface area (Å²) in [5.41, 5.74) is 1.42. The van der Waals surface area contributed by atoms with Gasteiger partial charge in [0.15, 0.2) is 0 Å². The molecule has 1 fully saturated rings. The largest absolute Gasteiger partial charge is 0.384 e. The molecule has 21 heavy (non-hydrogen) atoms. The summed E-state index contributed by atoms with van der Waals surface area (Å²) >= 11 is 0. The van der Waals surface area contributed by atoms with Crippen molar-refractivity contribution in [2.45, 2.75) is 19.4 Å². The lowest BCUT2D eigenvalue weighted by molar-refractivity contribution is 0.0968. The molecule has 3 nitrogen and oxygen atoms in total. The maximum atomic E-state index is 13.6. The quantitative estimate of drug-likeness (QED) is 0.862. The summed E-state index contributed by atoms with van der Waals surface area (Å²) in [5.74, 6) is 5.47. The second-order valence-electron chi connectivity index (χ2n) is 5.45. The van der Waals surface area contributed by atoms with E-state index in [9.17, 15) is 4.39 Å². The summed E-state index contributed by atoms with van der Waals surface area (Å²) in [6, 6.07) is 5.04. The molecular weight excluding hydrogens is 269 g/mol. The Hall–Kier alpha value is -1.41. The molecule has 114 valence electrons. The minimum atomic E-state index is -0.335. The van der Waals surface area contributed by atoms with E-state index in [4.69, 9.17) is 9.84 Å². The number of nitrogens with zero attached hydrogens (tertiary/aromatic N) is 1. The number of ether oxygens (including phenoxy) is 1. The number of rotatable bonds is 4. The van der Waals surface area contributed by atoms with E-state index in [2.05, 4.69) is 16.7 Å². The first kappa shape index (κ1) is 16.0. The van der Waals surface area contributed by atoms with Gasteiger partial charge in [0.05, 0.1) is 5.56 Å². The van der Waals surface area contributed by atoms with Crippen LogP contribution >= 0.6 is 0 Å². The molecular formula is C17H22FNO2. The lowest BCUT2D eigenvalue weighted by atomic mass is 9.97. The number of aliphatic hydroxyl groups excluding tert-OH is 1. The van der Waals surface area contributed by atoms with Crippen LogP contribution in [0.2, 0.25) is 0 Å². The van der Waals surface area contributed by atoms with Crippen LogP contribution in [0.15, 0.2) is 18.2 Å². The maximum Gasteiger partial charge on any atom is 0.138 e. The van der Waals surface area contributed by atoms with Gasteiger partial charge in [-0.05, 0) is 49.5 Å². The molecule has 1 aliphatic heterocycles. The summed E-state index contributed by atoms with van der Waals surface area (Å²) in [5, 5.41) is 8.70. The molecule has 2 rings (SSSR count). The standard InChI is InChI=1S/C17H22FNO2/c1-21-13-14-6-8-19(9-7-14)12-15-4-5-17(18)16(11-15)3-2-10-20/h4-5,11,14,20H,6-10,12-13H2,1H3. The van der Waals surface area contributed by atoms with Crippen LogP contribution in [0.25, 0.3) is 0 Å². The lowest BCUT2D eigenvalue weighted by Crippen LogP contribution is -2.34. The van der Waals surface area contributed by atoms with Gasteiger partial charge >= 0.3 is 0 Å². The van der Waals surface area contributed by atoms with Crippen LogP contribution in [-0.2, 0) is 11.3 Å². The monoisotopic (exact) mass is 291 g/mol. The average Bonchev–Trinajstić information content (AvgIpc) is 2.50. The van der Waals surface area contributed by atoms with E-state index in [-0.39, 0.29) is 12.4 Å². The highest BCUT2D eigenvalue weighted by molar-refractivity contribution is 5.38. The number of benzene rings is 1. The zero-order valence-electron chi connectivity index (χ0n) is 12.4. The average molecular weight is 291 g/mol. The van der Waals surface area contributed by atoms with Crippen LogP contribution < -0.4 is 0 Å². The van der Waals surface area contributed by atoms with Crippen molar-refractivity contribution in [1.29, 1.82) is 0 Å². The Bertz CT molecular complexity index is 513. The van der Waals surface area contributed by atoms with Gasteiger partial charge in [-0.2, -0.15) is 0 Å². The molecule has 1 aromatic carbocycles. The molecule has 1 saturated heterocycles. The predicted molar refractivity (Wildman–Crippen MR) is 80.2 cm³/mol. The summed E-state index contributed by atoms with van der Waals surface area (Å²) < 4.78 is 18.8. The van der Waals surface area contributed by atoms with Gasteiger partial charge in [-0.1, -0.05) is 17.9 Å². The van der Waals surface area contributed by atoms with Crippen molar-refractivity contribution in [2.75, 3.05) is 33.4 Å². The van der Waals surface area contributed by atoms with Crippen molar-refractivity contribution in [3.8, 4) is 11.8 Å². The van der Waals surface area contributed by atoms with Gasteiger partial charge in [-0.15, -0.1) is 0 Å². The fraction of sp³-hybridized carbons (Fsp3) is 0.529. The smallest absolute Gasteiger partial charge is 0.138 e. The Labute approximate surface area is 125 Å². The third-order valence-electron chi connectivity index (χ3n) is 3.85. The normalized spacial score (nSPS) is 16.5. The molecule has 0 radical (unpaired) electrons. The summed E-state index contributed by atoms with van der Waals surface area (Å²) in [6.45, 7) is 3.49. The van der Waals surface area contributed by atoms with Gasteiger partial charge in [0.1, 0.15) is 12.4 Å². The van der Waals surface area contributed by atoms with Gasteiger partial charge in [0.25, 0.3) is 0 Å². The molecule has 0 atom stereocenters.